The summed E-state index contributed by atoms with van der Waals surface area (Å²) in [5.41, 5.74) is 17.4. The topological polar surface area (TPSA) is 100 Å². The first-order valence-electron chi connectivity index (χ1n) is 46.8. The van der Waals surface area contributed by atoms with Crippen molar-refractivity contribution in [1.29, 1.82) is 10.5 Å². The maximum atomic E-state index is 13.3. The Bertz CT molecular complexity index is 5480. The van der Waals surface area contributed by atoms with Crippen LogP contribution in [0, 0.1) is 34.5 Å². The standard InChI is InChI=1S/C112H120N2O4S8/c1-9-17-23-27-33-77-37-45-83(46-38-77)111(84-47-39-78(40-48-84)34-28-24-18-10-2)91-67-90-92(68-89(91)107-93(111)69-105(125-107)103-63-61-101(123-103)99-59-57-97(121-99)95-55-53-87(119-95)65-81(71-113)109(115)117-73-75(15-7)31-21-13-5)112(85-49-41-79(42-50-85)35-29-25-19-11-3,86-51-43-80(44-52-86)36-30-26-20-12-4)94-70-106(126-108(90)94)104-64-62-102(124-104)100-60-58-98(122-100)96-56-54-88(120-96)66-82(72-114)110(116)118-74-76(16-8)32-22-14-6/h37-70,75-76H,9-36,73-74H2,1-8H3/b81-65+,82-66+. The molecule has 0 amide bonds. The van der Waals surface area contributed by atoms with Crippen molar-refractivity contribution in [3.8, 4) is 91.5 Å². The molecule has 0 fully saturated rings. The summed E-state index contributed by atoms with van der Waals surface area (Å²) in [5.74, 6) is -0.524. The highest BCUT2D eigenvalue weighted by atomic mass is 32.1. The maximum Gasteiger partial charge on any atom is 0.348 e. The van der Waals surface area contributed by atoms with Crippen LogP contribution in [-0.2, 0) is 55.6 Å². The lowest BCUT2D eigenvalue weighted by molar-refractivity contribution is -0.140. The fourth-order valence-electron chi connectivity index (χ4n) is 18.6. The highest BCUT2D eigenvalue weighted by molar-refractivity contribution is 7.30. The predicted molar refractivity (Wildman–Crippen MR) is 544 cm³/mol. The van der Waals surface area contributed by atoms with Crippen molar-refractivity contribution in [1.82, 2.24) is 0 Å². The highest BCUT2D eigenvalue weighted by Crippen LogP contribution is 2.67. The van der Waals surface area contributed by atoms with Crippen molar-refractivity contribution in [2.24, 2.45) is 11.8 Å². The van der Waals surface area contributed by atoms with Gasteiger partial charge in [0.25, 0.3) is 0 Å². The summed E-state index contributed by atoms with van der Waals surface area (Å²) >= 11 is 14.4. The molecule has 2 aliphatic rings. The van der Waals surface area contributed by atoms with Crippen molar-refractivity contribution in [2.45, 2.75) is 246 Å². The first-order valence-corrected chi connectivity index (χ1v) is 53.4. The van der Waals surface area contributed by atoms with Gasteiger partial charge in [-0.25, -0.2) is 9.59 Å². The lowest BCUT2D eigenvalue weighted by Crippen LogP contribution is -2.30. The normalized spacial score (nSPS) is 13.6. The minimum atomic E-state index is -0.693. The summed E-state index contributed by atoms with van der Waals surface area (Å²) in [6, 6.07) is 81.2. The molecular formula is C112H120N2O4S8. The number of thiophene rings is 8. The molecular weight excluding hydrogens is 1690 g/mol. The first-order chi connectivity index (χ1) is 61.8. The lowest BCUT2D eigenvalue weighted by atomic mass is 9.65. The van der Waals surface area contributed by atoms with Crippen LogP contribution < -0.4 is 0 Å². The van der Waals surface area contributed by atoms with Crippen molar-refractivity contribution >= 4 is 115 Å². The number of nitriles is 2. The predicted octanol–water partition coefficient (Wildman–Crippen LogP) is 34.7. The molecule has 0 saturated carbocycles. The van der Waals surface area contributed by atoms with Gasteiger partial charge < -0.3 is 9.47 Å². The smallest absolute Gasteiger partial charge is 0.348 e. The number of aryl methyl sites for hydroxylation is 4. The van der Waals surface area contributed by atoms with Gasteiger partial charge in [-0.15, -0.1) is 90.7 Å². The molecule has 0 aliphatic heterocycles. The molecule has 14 heteroatoms. The molecule has 2 unspecified atom stereocenters. The monoisotopic (exact) mass is 1810 g/mol. The largest absolute Gasteiger partial charge is 0.461 e. The van der Waals surface area contributed by atoms with E-state index in [2.05, 4.69) is 250 Å². The van der Waals surface area contributed by atoms with E-state index in [1.165, 1.54) is 229 Å². The molecule has 2 aliphatic carbocycles. The van der Waals surface area contributed by atoms with Crippen LogP contribution in [0.15, 0.2) is 205 Å². The summed E-state index contributed by atoms with van der Waals surface area (Å²) in [5, 5.41) is 20.4. The van der Waals surface area contributed by atoms with E-state index in [0.717, 1.165) is 106 Å². The number of hydrogen-bond donors (Lipinski definition) is 0. The van der Waals surface area contributed by atoms with Gasteiger partial charge in [0, 0.05) is 78.0 Å². The molecule has 8 aromatic heterocycles. The van der Waals surface area contributed by atoms with E-state index < -0.39 is 22.8 Å². The van der Waals surface area contributed by atoms with Gasteiger partial charge in [-0.1, -0.05) is 268 Å². The minimum absolute atomic E-state index is 0.0289. The van der Waals surface area contributed by atoms with Crippen LogP contribution in [0.1, 0.15) is 286 Å². The van der Waals surface area contributed by atoms with Crippen molar-refractivity contribution in [3.63, 3.8) is 0 Å². The number of hydrogen-bond acceptors (Lipinski definition) is 14. The molecule has 126 heavy (non-hydrogen) atoms. The van der Waals surface area contributed by atoms with Crippen LogP contribution in [-0.4, -0.2) is 25.2 Å². The molecule has 0 N–H and O–H groups in total. The Morgan fingerprint density at radius 2 is 0.579 bits per heavy atom. The third kappa shape index (κ3) is 20.4. The number of fused-ring (bicyclic) bond motifs is 6. The highest BCUT2D eigenvalue weighted by Gasteiger charge is 2.53. The number of ether oxygens (including phenoxy) is 2. The summed E-state index contributed by atoms with van der Waals surface area (Å²) in [4.78, 5) is 45.3. The van der Waals surface area contributed by atoms with Gasteiger partial charge in [-0.2, -0.15) is 10.5 Å². The van der Waals surface area contributed by atoms with Crippen LogP contribution in [0.4, 0.5) is 0 Å². The molecule has 0 bridgehead atoms. The second-order valence-corrected chi connectivity index (χ2v) is 43.3. The Kier molecular flexibility index (Phi) is 32.0. The third-order valence-electron chi connectivity index (χ3n) is 25.9. The number of carbonyl (C=O) groups excluding carboxylic acids is 2. The van der Waals surface area contributed by atoms with Crippen molar-refractivity contribution < 1.29 is 19.1 Å². The van der Waals surface area contributed by atoms with E-state index in [1.807, 2.05) is 57.5 Å². The quantitative estimate of drug-likeness (QED) is 0.0163. The van der Waals surface area contributed by atoms with Crippen LogP contribution in [0.5, 0.6) is 0 Å². The number of nitrogens with zero attached hydrogens (tertiary/aromatic N) is 2. The van der Waals surface area contributed by atoms with Gasteiger partial charge in [0.1, 0.15) is 23.3 Å². The third-order valence-corrected chi connectivity index (χ3v) is 35.8. The van der Waals surface area contributed by atoms with Gasteiger partial charge in [0.15, 0.2) is 0 Å². The number of esters is 2. The lowest BCUT2D eigenvalue weighted by Gasteiger charge is -2.35. The number of benzene rings is 5. The van der Waals surface area contributed by atoms with E-state index in [9.17, 15) is 20.1 Å². The van der Waals surface area contributed by atoms with Crippen LogP contribution >= 0.6 is 90.7 Å². The molecule has 0 saturated heterocycles. The van der Waals surface area contributed by atoms with Crippen molar-refractivity contribution in [2.75, 3.05) is 13.2 Å². The van der Waals surface area contributed by atoms with E-state index in [0.29, 0.717) is 25.0 Å². The van der Waals surface area contributed by atoms with Gasteiger partial charge in [-0.3, -0.25) is 0 Å². The summed E-state index contributed by atoms with van der Waals surface area (Å²) in [6.07, 6.45) is 35.4. The minimum Gasteiger partial charge on any atom is -0.461 e. The Morgan fingerprint density at radius 3 is 0.849 bits per heavy atom. The zero-order chi connectivity index (χ0) is 87.5. The van der Waals surface area contributed by atoms with Gasteiger partial charge in [0.05, 0.1) is 24.0 Å². The van der Waals surface area contributed by atoms with Gasteiger partial charge in [0.2, 0.25) is 0 Å². The second-order valence-electron chi connectivity index (χ2n) is 34.6. The van der Waals surface area contributed by atoms with E-state index >= 15 is 0 Å². The fraction of sp³-hybridized carbons (Fsp3) is 0.375. The van der Waals surface area contributed by atoms with Crippen LogP contribution in [0.3, 0.4) is 0 Å². The number of unbranched alkanes of at least 4 members (excludes halogenated alkanes) is 14. The maximum absolute atomic E-state index is 13.3. The zero-order valence-corrected chi connectivity index (χ0v) is 81.3. The molecule has 2 atom stereocenters. The molecule has 13 aromatic rings. The van der Waals surface area contributed by atoms with E-state index in [-0.39, 0.29) is 11.1 Å². The zero-order valence-electron chi connectivity index (χ0n) is 74.8. The molecule has 6 nitrogen and oxygen atoms in total. The molecule has 650 valence electrons. The van der Waals surface area contributed by atoms with E-state index in [4.69, 9.17) is 9.47 Å². The van der Waals surface area contributed by atoms with Crippen molar-refractivity contribution in [3.05, 3.63) is 282 Å². The fourth-order valence-corrected chi connectivity index (χ4v) is 27.5. The summed E-state index contributed by atoms with van der Waals surface area (Å²) in [7, 11) is 0. The number of rotatable bonds is 46. The van der Waals surface area contributed by atoms with Crippen LogP contribution in [0.25, 0.3) is 91.6 Å². The molecule has 5 aromatic carbocycles. The first kappa shape index (κ1) is 91.8. The average molecular weight is 1810 g/mol. The Labute approximate surface area is 781 Å². The van der Waals surface area contributed by atoms with E-state index in [1.54, 1.807) is 57.5 Å². The second kappa shape index (κ2) is 43.9. The molecule has 0 spiro atoms. The molecule has 8 heterocycles. The van der Waals surface area contributed by atoms with Gasteiger partial charge in [-0.05, 0) is 263 Å². The Morgan fingerprint density at radius 1 is 0.310 bits per heavy atom. The Balaban J connectivity index is 0.861. The SMILES string of the molecule is CCCCCCc1ccc(C2(c3ccc(CCCCCC)cc3)c3cc4c(cc3-c3sc(-c5ccc(-c6ccc(-c7ccc(/C=C(\C#N)C(=O)OCC(CC)CCCC)s7)s6)s5)cc32)C(c2ccc(CCCCCC)cc2)(c2ccc(CCCCCC)cc2)c2cc(-c3ccc(-c5ccc(-c6ccc(/C=C(\C#N)C(=O)OCC(CC)CCCC)s6)s5)s3)sc2-4)cc1. The van der Waals surface area contributed by atoms with Gasteiger partial charge >= 0.3 is 11.9 Å². The Hall–Kier alpha value is -8.90. The number of carbonyl (C=O) groups is 2. The summed E-state index contributed by atoms with van der Waals surface area (Å²) in [6.45, 7) is 18.5. The molecule has 15 rings (SSSR count). The average Bonchev–Trinajstić information content (AvgIpc) is 1.50. The van der Waals surface area contributed by atoms with Crippen LogP contribution in [0.2, 0.25) is 0 Å². The summed E-state index contributed by atoms with van der Waals surface area (Å²) < 4.78 is 11.5. The molecule has 0 radical (unpaired) electrons.